The van der Waals surface area contributed by atoms with Gasteiger partial charge < -0.3 is 4.74 Å². The maximum atomic E-state index is 14.3. The third-order valence-electron chi connectivity index (χ3n) is 5.94. The van der Waals surface area contributed by atoms with Crippen LogP contribution in [0.4, 0.5) is 26.3 Å². The Kier molecular flexibility index (Phi) is 8.37. The number of benzene rings is 2. The molecule has 2 nitrogen and oxygen atoms in total. The smallest absolute Gasteiger partial charge is 0.311 e. The summed E-state index contributed by atoms with van der Waals surface area (Å²) in [6.45, 7) is 6.95. The van der Waals surface area contributed by atoms with E-state index in [9.17, 15) is 31.1 Å². The van der Waals surface area contributed by atoms with Crippen LogP contribution in [-0.4, -0.2) is 5.97 Å². The lowest BCUT2D eigenvalue weighted by molar-refractivity contribution is -0.135. The minimum Gasteiger partial charge on any atom is -0.420 e. The fraction of sp³-hybridized carbons (Fsp3) is 0.458. The number of hydrogen-bond donors (Lipinski definition) is 0. The van der Waals surface area contributed by atoms with Crippen LogP contribution in [-0.2, 0) is 11.2 Å². The average Bonchev–Trinajstić information content (AvgIpc) is 2.77. The predicted octanol–water partition coefficient (Wildman–Crippen LogP) is 7.10. The third kappa shape index (κ3) is 5.27. The Hall–Kier alpha value is -2.51. The van der Waals surface area contributed by atoms with Gasteiger partial charge in [0, 0.05) is 12.0 Å². The fourth-order valence-corrected chi connectivity index (χ4v) is 3.42. The standard InChI is InChI=1S/C24H26F6O2/c1-11(7-6-8-16-18(25)12(2)13(3)19(26)22(16)29)9-10-17(31)32-24-21(28)15(5)14(4)20(27)23(24)30/h11H,6-10H2,1-5H3. The zero-order valence-corrected chi connectivity index (χ0v) is 18.7. The molecule has 32 heavy (non-hydrogen) atoms. The predicted molar refractivity (Wildman–Crippen MR) is 109 cm³/mol. The third-order valence-corrected chi connectivity index (χ3v) is 5.94. The molecule has 0 saturated heterocycles. The second kappa shape index (κ2) is 10.4. The molecule has 2 aromatic rings. The Balaban J connectivity index is 1.91. The number of halogens is 6. The van der Waals surface area contributed by atoms with Gasteiger partial charge in [-0.25, -0.2) is 22.0 Å². The van der Waals surface area contributed by atoms with Crippen molar-refractivity contribution in [2.75, 3.05) is 0 Å². The zero-order valence-electron chi connectivity index (χ0n) is 18.7. The van der Waals surface area contributed by atoms with E-state index < -0.39 is 46.6 Å². The largest absolute Gasteiger partial charge is 0.420 e. The Labute approximate surface area is 183 Å². The van der Waals surface area contributed by atoms with E-state index in [4.69, 9.17) is 4.74 Å². The minimum absolute atomic E-state index is 0.0111. The van der Waals surface area contributed by atoms with Gasteiger partial charge in [-0.1, -0.05) is 13.3 Å². The molecule has 1 atom stereocenters. The van der Waals surface area contributed by atoms with Crippen molar-refractivity contribution in [3.8, 4) is 5.75 Å². The Bertz CT molecular complexity index is 974. The van der Waals surface area contributed by atoms with E-state index in [1.54, 1.807) is 6.92 Å². The van der Waals surface area contributed by atoms with Crippen LogP contribution in [0.15, 0.2) is 0 Å². The summed E-state index contributed by atoms with van der Waals surface area (Å²) in [7, 11) is 0. The van der Waals surface area contributed by atoms with Crippen LogP contribution in [0.25, 0.3) is 0 Å². The van der Waals surface area contributed by atoms with Gasteiger partial charge in [0.1, 0.15) is 5.82 Å². The highest BCUT2D eigenvalue weighted by molar-refractivity contribution is 5.72. The summed E-state index contributed by atoms with van der Waals surface area (Å²) < 4.78 is 88.8. The molecular weight excluding hydrogens is 434 g/mol. The number of carbonyl (C=O) groups excluding carboxylic acids is 1. The Morgan fingerprint density at radius 2 is 1.22 bits per heavy atom. The van der Waals surface area contributed by atoms with Crippen molar-refractivity contribution >= 4 is 5.97 Å². The average molecular weight is 460 g/mol. The fourth-order valence-electron chi connectivity index (χ4n) is 3.42. The molecule has 0 radical (unpaired) electrons. The van der Waals surface area contributed by atoms with Crippen LogP contribution in [0.3, 0.4) is 0 Å². The number of rotatable bonds is 8. The molecule has 0 aliphatic rings. The first-order valence-electron chi connectivity index (χ1n) is 10.3. The number of esters is 1. The Morgan fingerprint density at radius 1 is 0.719 bits per heavy atom. The monoisotopic (exact) mass is 460 g/mol. The van der Waals surface area contributed by atoms with E-state index in [-0.39, 0.29) is 53.0 Å². The zero-order chi connectivity index (χ0) is 24.3. The molecule has 2 aromatic carbocycles. The first kappa shape index (κ1) is 25.7. The van der Waals surface area contributed by atoms with Crippen LogP contribution in [0.1, 0.15) is 60.4 Å². The lowest BCUT2D eigenvalue weighted by Gasteiger charge is -2.14. The summed E-state index contributed by atoms with van der Waals surface area (Å²) >= 11 is 0. The van der Waals surface area contributed by atoms with Crippen molar-refractivity contribution in [1.29, 1.82) is 0 Å². The van der Waals surface area contributed by atoms with E-state index in [1.807, 2.05) is 0 Å². The summed E-state index contributed by atoms with van der Waals surface area (Å²) in [5.41, 5.74) is -0.656. The van der Waals surface area contributed by atoms with Crippen LogP contribution < -0.4 is 4.74 Å². The van der Waals surface area contributed by atoms with Gasteiger partial charge in [-0.3, -0.25) is 4.79 Å². The molecule has 0 heterocycles. The van der Waals surface area contributed by atoms with Crippen molar-refractivity contribution in [3.63, 3.8) is 0 Å². The van der Waals surface area contributed by atoms with E-state index in [0.717, 1.165) is 0 Å². The summed E-state index contributed by atoms with van der Waals surface area (Å²) in [5.74, 6) is -9.05. The summed E-state index contributed by atoms with van der Waals surface area (Å²) in [5, 5.41) is 0. The maximum absolute atomic E-state index is 14.3. The molecule has 0 spiro atoms. The summed E-state index contributed by atoms with van der Waals surface area (Å²) in [6.07, 6.45) is 0.902. The normalized spacial score (nSPS) is 12.2. The molecule has 0 aliphatic carbocycles. The molecule has 0 aromatic heterocycles. The van der Waals surface area contributed by atoms with Gasteiger partial charge in [0.2, 0.25) is 11.6 Å². The Morgan fingerprint density at radius 3 is 1.81 bits per heavy atom. The molecule has 0 bridgehead atoms. The molecular formula is C24H26F6O2. The molecule has 176 valence electrons. The van der Waals surface area contributed by atoms with Gasteiger partial charge in [0.25, 0.3) is 0 Å². The van der Waals surface area contributed by atoms with Crippen LogP contribution in [0.5, 0.6) is 5.75 Å². The quantitative estimate of drug-likeness (QED) is 0.182. The number of carbonyl (C=O) groups is 1. The lowest BCUT2D eigenvalue weighted by Crippen LogP contribution is -2.14. The molecule has 0 amide bonds. The molecule has 2 rings (SSSR count). The van der Waals surface area contributed by atoms with E-state index in [2.05, 4.69) is 0 Å². The first-order valence-corrected chi connectivity index (χ1v) is 10.3. The van der Waals surface area contributed by atoms with Crippen molar-refractivity contribution < 1.29 is 35.9 Å². The highest BCUT2D eigenvalue weighted by Gasteiger charge is 2.24. The van der Waals surface area contributed by atoms with Crippen LogP contribution in [0.2, 0.25) is 0 Å². The minimum atomic E-state index is -1.56. The van der Waals surface area contributed by atoms with Crippen molar-refractivity contribution in [1.82, 2.24) is 0 Å². The van der Waals surface area contributed by atoms with Gasteiger partial charge in [0.05, 0.1) is 0 Å². The van der Waals surface area contributed by atoms with Gasteiger partial charge >= 0.3 is 5.97 Å². The summed E-state index contributed by atoms with van der Waals surface area (Å²) in [6, 6.07) is 0. The molecule has 1 unspecified atom stereocenters. The van der Waals surface area contributed by atoms with Gasteiger partial charge in [0.15, 0.2) is 23.3 Å². The van der Waals surface area contributed by atoms with Gasteiger partial charge in [-0.05, 0) is 75.1 Å². The van der Waals surface area contributed by atoms with E-state index >= 15 is 0 Å². The number of hydrogen-bond acceptors (Lipinski definition) is 2. The van der Waals surface area contributed by atoms with Gasteiger partial charge in [-0.2, -0.15) is 4.39 Å². The maximum Gasteiger partial charge on any atom is 0.311 e. The van der Waals surface area contributed by atoms with Crippen molar-refractivity contribution in [2.24, 2.45) is 5.92 Å². The van der Waals surface area contributed by atoms with Crippen molar-refractivity contribution in [3.05, 3.63) is 62.7 Å². The lowest BCUT2D eigenvalue weighted by atomic mass is 9.95. The second-order valence-corrected chi connectivity index (χ2v) is 8.20. The summed E-state index contributed by atoms with van der Waals surface area (Å²) in [4.78, 5) is 12.0. The van der Waals surface area contributed by atoms with Crippen molar-refractivity contribution in [2.45, 2.75) is 66.7 Å². The van der Waals surface area contributed by atoms with Crippen LogP contribution >= 0.6 is 0 Å². The number of ether oxygens (including phenoxy) is 1. The topological polar surface area (TPSA) is 26.3 Å². The first-order chi connectivity index (χ1) is 14.9. The molecule has 0 fully saturated rings. The second-order valence-electron chi connectivity index (χ2n) is 8.20. The van der Waals surface area contributed by atoms with Gasteiger partial charge in [-0.15, -0.1) is 0 Å². The van der Waals surface area contributed by atoms with Crippen LogP contribution in [0, 0.1) is 68.5 Å². The molecule has 0 aliphatic heterocycles. The SMILES string of the molecule is Cc1c(C)c(F)c(CCCC(C)CCC(=O)Oc2c(F)c(C)c(C)c(F)c2F)c(F)c1F. The molecule has 0 N–H and O–H groups in total. The highest BCUT2D eigenvalue weighted by atomic mass is 19.2. The van der Waals surface area contributed by atoms with E-state index in [1.165, 1.54) is 27.7 Å². The molecule has 8 heteroatoms. The molecule has 0 saturated carbocycles. The van der Waals surface area contributed by atoms with E-state index in [0.29, 0.717) is 12.8 Å². The highest BCUT2D eigenvalue weighted by Crippen LogP contribution is 2.31.